The molecule has 1 atom stereocenters. The van der Waals surface area contributed by atoms with E-state index in [1.54, 1.807) is 0 Å². The Morgan fingerprint density at radius 3 is 2.19 bits per heavy atom. The van der Waals surface area contributed by atoms with Crippen LogP contribution in [-0.4, -0.2) is 64.6 Å². The van der Waals surface area contributed by atoms with Crippen molar-refractivity contribution in [1.82, 2.24) is 13.9 Å². The first-order valence-corrected chi connectivity index (χ1v) is 11.7. The Hall–Kier alpha value is -1.49. The summed E-state index contributed by atoms with van der Waals surface area (Å²) in [6, 6.07) is 5.16. The van der Waals surface area contributed by atoms with Crippen molar-refractivity contribution in [2.75, 3.05) is 27.2 Å². The number of amides is 1. The van der Waals surface area contributed by atoms with Crippen LogP contribution in [-0.2, 0) is 24.8 Å². The van der Waals surface area contributed by atoms with Gasteiger partial charge in [-0.1, -0.05) is 0 Å². The molecule has 1 heterocycles. The van der Waals surface area contributed by atoms with Crippen LogP contribution in [0.15, 0.2) is 34.1 Å². The highest BCUT2D eigenvalue weighted by atomic mass is 32.2. The lowest BCUT2D eigenvalue weighted by Gasteiger charge is -2.31. The van der Waals surface area contributed by atoms with E-state index in [1.165, 1.54) is 42.7 Å². The molecule has 152 valence electrons. The van der Waals surface area contributed by atoms with E-state index in [9.17, 15) is 21.6 Å². The van der Waals surface area contributed by atoms with Crippen molar-refractivity contribution in [3.05, 3.63) is 24.3 Å². The minimum atomic E-state index is -3.79. The molecular formula is C17H27N3O5S2. The fraction of sp³-hybridized carbons (Fsp3) is 0.588. The molecule has 27 heavy (non-hydrogen) atoms. The maximum Gasteiger partial charge on any atom is 0.243 e. The molecule has 0 unspecified atom stereocenters. The summed E-state index contributed by atoms with van der Waals surface area (Å²) in [6.45, 7) is 4.18. The van der Waals surface area contributed by atoms with Crippen LogP contribution in [0, 0.1) is 5.92 Å². The molecule has 0 radical (unpaired) electrons. The number of hydrogen-bond donors (Lipinski definition) is 1. The summed E-state index contributed by atoms with van der Waals surface area (Å²) in [5.41, 5.74) is 0. The second kappa shape index (κ2) is 8.26. The lowest BCUT2D eigenvalue weighted by Crippen LogP contribution is -2.46. The van der Waals surface area contributed by atoms with Gasteiger partial charge in [-0.15, -0.1) is 0 Å². The van der Waals surface area contributed by atoms with Gasteiger partial charge in [-0.05, 0) is 51.0 Å². The lowest BCUT2D eigenvalue weighted by atomic mass is 9.98. The first-order chi connectivity index (χ1) is 12.5. The van der Waals surface area contributed by atoms with Crippen molar-refractivity contribution in [3.8, 4) is 0 Å². The maximum absolute atomic E-state index is 12.9. The Morgan fingerprint density at radius 1 is 1.11 bits per heavy atom. The van der Waals surface area contributed by atoms with Crippen LogP contribution in [0.25, 0.3) is 0 Å². The van der Waals surface area contributed by atoms with E-state index >= 15 is 0 Å². The van der Waals surface area contributed by atoms with E-state index in [2.05, 4.69) is 5.32 Å². The molecule has 0 aliphatic carbocycles. The number of hydrogen-bond acceptors (Lipinski definition) is 5. The van der Waals surface area contributed by atoms with Gasteiger partial charge in [0, 0.05) is 33.2 Å². The lowest BCUT2D eigenvalue weighted by molar-refractivity contribution is -0.126. The Labute approximate surface area is 161 Å². The zero-order valence-electron chi connectivity index (χ0n) is 16.0. The minimum Gasteiger partial charge on any atom is -0.354 e. The summed E-state index contributed by atoms with van der Waals surface area (Å²) < 4.78 is 52.4. The van der Waals surface area contributed by atoms with E-state index in [0.717, 1.165) is 4.31 Å². The van der Waals surface area contributed by atoms with Crippen LogP contribution >= 0.6 is 0 Å². The van der Waals surface area contributed by atoms with Gasteiger partial charge in [0.1, 0.15) is 0 Å². The summed E-state index contributed by atoms with van der Waals surface area (Å²) in [4.78, 5) is 12.3. The quantitative estimate of drug-likeness (QED) is 0.739. The third kappa shape index (κ3) is 4.87. The predicted molar refractivity (Wildman–Crippen MR) is 102 cm³/mol. The molecule has 10 heteroatoms. The summed E-state index contributed by atoms with van der Waals surface area (Å²) in [7, 11) is -4.59. The fourth-order valence-corrected chi connectivity index (χ4v) is 5.35. The molecule has 1 saturated heterocycles. The first kappa shape index (κ1) is 21.8. The normalized spacial score (nSPS) is 19.4. The predicted octanol–water partition coefficient (Wildman–Crippen LogP) is 0.862. The molecule has 1 N–H and O–H groups in total. The molecule has 1 aromatic rings. The van der Waals surface area contributed by atoms with Crippen molar-refractivity contribution >= 4 is 26.0 Å². The number of carbonyl (C=O) groups is 1. The number of carbonyl (C=O) groups excluding carboxylic acids is 1. The number of rotatable bonds is 6. The topological polar surface area (TPSA) is 104 Å². The number of nitrogens with zero attached hydrogens (tertiary/aromatic N) is 2. The average Bonchev–Trinajstić information content (AvgIpc) is 2.61. The van der Waals surface area contributed by atoms with Gasteiger partial charge in [-0.25, -0.2) is 21.1 Å². The van der Waals surface area contributed by atoms with Gasteiger partial charge in [-0.3, -0.25) is 4.79 Å². The van der Waals surface area contributed by atoms with E-state index in [0.29, 0.717) is 19.4 Å². The minimum absolute atomic E-state index is 0.00401. The first-order valence-electron chi connectivity index (χ1n) is 8.79. The van der Waals surface area contributed by atoms with Crippen LogP contribution in [0.3, 0.4) is 0 Å². The van der Waals surface area contributed by atoms with Gasteiger partial charge < -0.3 is 5.32 Å². The largest absolute Gasteiger partial charge is 0.354 e. The van der Waals surface area contributed by atoms with Crippen LogP contribution in [0.5, 0.6) is 0 Å². The van der Waals surface area contributed by atoms with Crippen molar-refractivity contribution in [1.29, 1.82) is 0 Å². The van der Waals surface area contributed by atoms with Crippen LogP contribution < -0.4 is 5.32 Å². The number of sulfonamides is 2. The van der Waals surface area contributed by atoms with Gasteiger partial charge in [0.05, 0.1) is 15.7 Å². The van der Waals surface area contributed by atoms with Crippen LogP contribution in [0.1, 0.15) is 26.7 Å². The molecular weight excluding hydrogens is 390 g/mol. The van der Waals surface area contributed by atoms with E-state index < -0.39 is 20.0 Å². The van der Waals surface area contributed by atoms with Gasteiger partial charge in [0.25, 0.3) is 0 Å². The van der Waals surface area contributed by atoms with E-state index in [1.807, 2.05) is 13.8 Å². The smallest absolute Gasteiger partial charge is 0.243 e. The zero-order chi connectivity index (χ0) is 20.4. The molecule has 1 aliphatic heterocycles. The molecule has 1 amide bonds. The second-order valence-electron chi connectivity index (χ2n) is 7.12. The van der Waals surface area contributed by atoms with Crippen molar-refractivity contribution in [2.45, 2.75) is 42.5 Å². The van der Waals surface area contributed by atoms with Crippen molar-refractivity contribution in [3.63, 3.8) is 0 Å². The molecule has 0 spiro atoms. The zero-order valence-corrected chi connectivity index (χ0v) is 17.7. The molecule has 0 bridgehead atoms. The fourth-order valence-electron chi connectivity index (χ4n) is 2.92. The summed E-state index contributed by atoms with van der Waals surface area (Å²) in [6.07, 6.45) is 1.24. The highest BCUT2D eigenvalue weighted by molar-refractivity contribution is 7.89. The van der Waals surface area contributed by atoms with E-state index in [4.69, 9.17) is 0 Å². The van der Waals surface area contributed by atoms with Crippen molar-refractivity contribution < 1.29 is 21.6 Å². The van der Waals surface area contributed by atoms with Crippen LogP contribution in [0.2, 0.25) is 0 Å². The standard InChI is InChI=1S/C17H27N3O5S2/c1-13(2)18-17(21)14-6-5-11-20(12-14)27(24,25)16-9-7-15(8-10-16)26(22,23)19(3)4/h7-10,13-14H,5-6,11-12H2,1-4H3,(H,18,21)/t14-/m1/s1. The molecule has 0 saturated carbocycles. The Morgan fingerprint density at radius 2 is 1.67 bits per heavy atom. The molecule has 0 aromatic heterocycles. The average molecular weight is 418 g/mol. The summed E-state index contributed by atoms with van der Waals surface area (Å²) in [5, 5.41) is 2.83. The Kier molecular flexibility index (Phi) is 6.67. The van der Waals surface area contributed by atoms with Gasteiger partial charge in [-0.2, -0.15) is 4.31 Å². The highest BCUT2D eigenvalue weighted by Crippen LogP contribution is 2.25. The van der Waals surface area contributed by atoms with Crippen molar-refractivity contribution in [2.24, 2.45) is 5.92 Å². The summed E-state index contributed by atoms with van der Waals surface area (Å²) >= 11 is 0. The maximum atomic E-state index is 12.9. The second-order valence-corrected chi connectivity index (χ2v) is 11.2. The number of benzene rings is 1. The highest BCUT2D eigenvalue weighted by Gasteiger charge is 2.33. The third-order valence-electron chi connectivity index (χ3n) is 4.43. The van der Waals surface area contributed by atoms with Crippen LogP contribution in [0.4, 0.5) is 0 Å². The third-order valence-corrected chi connectivity index (χ3v) is 8.13. The van der Waals surface area contributed by atoms with Gasteiger partial charge in [0.2, 0.25) is 26.0 Å². The molecule has 1 aromatic carbocycles. The Bertz CT molecular complexity index is 878. The molecule has 8 nitrogen and oxygen atoms in total. The number of nitrogens with one attached hydrogen (secondary N) is 1. The Balaban J connectivity index is 2.21. The monoisotopic (exact) mass is 417 g/mol. The number of piperidine rings is 1. The molecule has 1 aliphatic rings. The van der Waals surface area contributed by atoms with E-state index in [-0.39, 0.29) is 34.2 Å². The van der Waals surface area contributed by atoms with Gasteiger partial charge in [0.15, 0.2) is 0 Å². The SMILES string of the molecule is CC(C)NC(=O)[C@@H]1CCCN(S(=O)(=O)c2ccc(S(=O)(=O)N(C)C)cc2)C1. The van der Waals surface area contributed by atoms with Gasteiger partial charge >= 0.3 is 0 Å². The molecule has 1 fully saturated rings. The molecule has 2 rings (SSSR count). The summed E-state index contributed by atoms with van der Waals surface area (Å²) in [5.74, 6) is -0.526.